The van der Waals surface area contributed by atoms with Crippen molar-refractivity contribution < 1.29 is 9.53 Å². The number of hydrogen-bond donors (Lipinski definition) is 1. The SMILES string of the molecule is Cc1nc(NC(=O)[C@@H]2CCCO[C@H]2c2ccnn2C)cc(C2CC2)n1. The van der Waals surface area contributed by atoms with Crippen LogP contribution in [0.15, 0.2) is 18.3 Å². The lowest BCUT2D eigenvalue weighted by Gasteiger charge is -2.30. The van der Waals surface area contributed by atoms with E-state index in [-0.39, 0.29) is 17.9 Å². The van der Waals surface area contributed by atoms with Crippen LogP contribution in [0.4, 0.5) is 5.82 Å². The van der Waals surface area contributed by atoms with Gasteiger partial charge in [0.05, 0.1) is 11.6 Å². The molecule has 2 fully saturated rings. The Morgan fingerprint density at radius 1 is 1.32 bits per heavy atom. The largest absolute Gasteiger partial charge is 0.371 e. The van der Waals surface area contributed by atoms with Crippen molar-refractivity contribution in [2.24, 2.45) is 13.0 Å². The van der Waals surface area contributed by atoms with E-state index in [2.05, 4.69) is 20.4 Å². The van der Waals surface area contributed by atoms with E-state index in [0.29, 0.717) is 24.2 Å². The molecule has 1 N–H and O–H groups in total. The lowest BCUT2D eigenvalue weighted by Crippen LogP contribution is -2.34. The fourth-order valence-corrected chi connectivity index (χ4v) is 3.47. The molecule has 0 unspecified atom stereocenters. The number of nitrogens with zero attached hydrogens (tertiary/aromatic N) is 4. The Labute approximate surface area is 146 Å². The van der Waals surface area contributed by atoms with Crippen molar-refractivity contribution >= 4 is 11.7 Å². The number of carbonyl (C=O) groups is 1. The van der Waals surface area contributed by atoms with Crippen LogP contribution in [0, 0.1) is 12.8 Å². The maximum Gasteiger partial charge on any atom is 0.231 e. The Kier molecular flexibility index (Phi) is 4.25. The third-order valence-electron chi connectivity index (χ3n) is 4.91. The van der Waals surface area contributed by atoms with E-state index in [1.54, 1.807) is 10.9 Å². The summed E-state index contributed by atoms with van der Waals surface area (Å²) in [6, 6.07) is 3.82. The van der Waals surface area contributed by atoms with Crippen molar-refractivity contribution in [3.8, 4) is 0 Å². The molecule has 4 rings (SSSR count). The lowest BCUT2D eigenvalue weighted by atomic mass is 9.91. The zero-order chi connectivity index (χ0) is 17.4. The number of hydrogen-bond acceptors (Lipinski definition) is 5. The van der Waals surface area contributed by atoms with Gasteiger partial charge in [0.15, 0.2) is 0 Å². The van der Waals surface area contributed by atoms with Crippen LogP contribution in [0.3, 0.4) is 0 Å². The smallest absolute Gasteiger partial charge is 0.231 e. The highest BCUT2D eigenvalue weighted by atomic mass is 16.5. The number of anilines is 1. The molecule has 2 aliphatic rings. The molecule has 2 aromatic rings. The van der Waals surface area contributed by atoms with E-state index in [4.69, 9.17) is 4.74 Å². The molecule has 2 aromatic heterocycles. The van der Waals surface area contributed by atoms with Gasteiger partial charge in [0, 0.05) is 37.5 Å². The van der Waals surface area contributed by atoms with Crippen molar-refractivity contribution in [1.82, 2.24) is 19.7 Å². The topological polar surface area (TPSA) is 81.9 Å². The molecule has 0 aromatic carbocycles. The van der Waals surface area contributed by atoms with Gasteiger partial charge in [0.1, 0.15) is 17.7 Å². The first-order valence-electron chi connectivity index (χ1n) is 8.88. The van der Waals surface area contributed by atoms with Gasteiger partial charge in [-0.3, -0.25) is 9.48 Å². The highest BCUT2D eigenvalue weighted by Gasteiger charge is 2.35. The Bertz CT molecular complexity index is 784. The number of carbonyl (C=O) groups excluding carboxylic acids is 1. The molecule has 2 atom stereocenters. The first-order chi connectivity index (χ1) is 12.1. The number of ether oxygens (including phenoxy) is 1. The standard InChI is InChI=1S/C18H23N5O2/c1-11-20-14(12-5-6-12)10-16(21-11)22-18(24)13-4-3-9-25-17(13)15-7-8-19-23(15)2/h7-8,10,12-13,17H,3-6,9H2,1-2H3,(H,20,21,22,24)/t13-,17-/m1/s1. The van der Waals surface area contributed by atoms with Crippen LogP contribution in [0.25, 0.3) is 0 Å². The fraction of sp³-hybridized carbons (Fsp3) is 0.556. The zero-order valence-corrected chi connectivity index (χ0v) is 14.6. The second-order valence-electron chi connectivity index (χ2n) is 6.91. The molecular weight excluding hydrogens is 318 g/mol. The van der Waals surface area contributed by atoms with Crippen molar-refractivity contribution in [2.75, 3.05) is 11.9 Å². The highest BCUT2D eigenvalue weighted by molar-refractivity contribution is 5.92. The average molecular weight is 341 g/mol. The molecule has 132 valence electrons. The van der Waals surface area contributed by atoms with Crippen LogP contribution in [0.5, 0.6) is 0 Å². The molecule has 0 spiro atoms. The minimum atomic E-state index is -0.271. The highest BCUT2D eigenvalue weighted by Crippen LogP contribution is 2.39. The summed E-state index contributed by atoms with van der Waals surface area (Å²) < 4.78 is 7.69. The van der Waals surface area contributed by atoms with Gasteiger partial charge in [-0.05, 0) is 38.7 Å². The molecule has 1 amide bonds. The van der Waals surface area contributed by atoms with Gasteiger partial charge in [-0.15, -0.1) is 0 Å². The number of nitrogens with one attached hydrogen (secondary N) is 1. The Hall–Kier alpha value is -2.28. The maximum atomic E-state index is 12.9. The fourth-order valence-electron chi connectivity index (χ4n) is 3.47. The molecule has 7 heteroatoms. The van der Waals surface area contributed by atoms with Crippen LogP contribution >= 0.6 is 0 Å². The van der Waals surface area contributed by atoms with E-state index in [1.165, 1.54) is 12.8 Å². The first kappa shape index (κ1) is 16.2. The number of amides is 1. The molecule has 7 nitrogen and oxygen atoms in total. The minimum absolute atomic E-state index is 0.0502. The second kappa shape index (κ2) is 6.55. The van der Waals surface area contributed by atoms with Gasteiger partial charge >= 0.3 is 0 Å². The molecule has 1 aliphatic heterocycles. The monoisotopic (exact) mass is 341 g/mol. The number of aromatic nitrogens is 4. The molecule has 1 aliphatic carbocycles. The summed E-state index contributed by atoms with van der Waals surface area (Å²) in [5, 5.41) is 7.19. The summed E-state index contributed by atoms with van der Waals surface area (Å²) in [5.74, 6) is 1.52. The number of rotatable bonds is 4. The van der Waals surface area contributed by atoms with Gasteiger partial charge in [-0.1, -0.05) is 0 Å². The summed E-state index contributed by atoms with van der Waals surface area (Å²) in [7, 11) is 1.87. The van der Waals surface area contributed by atoms with Crippen LogP contribution in [-0.2, 0) is 16.6 Å². The van der Waals surface area contributed by atoms with Gasteiger partial charge < -0.3 is 10.1 Å². The molecule has 25 heavy (non-hydrogen) atoms. The van der Waals surface area contributed by atoms with E-state index in [0.717, 1.165) is 24.2 Å². The molecule has 1 saturated carbocycles. The van der Waals surface area contributed by atoms with Crippen LogP contribution in [-0.4, -0.2) is 32.3 Å². The van der Waals surface area contributed by atoms with E-state index >= 15 is 0 Å². The maximum absolute atomic E-state index is 12.9. The van der Waals surface area contributed by atoms with Crippen molar-refractivity contribution in [3.63, 3.8) is 0 Å². The first-order valence-corrected chi connectivity index (χ1v) is 8.88. The van der Waals surface area contributed by atoms with Gasteiger partial charge in [0.2, 0.25) is 5.91 Å². The number of aryl methyl sites for hydroxylation is 2. The third-order valence-corrected chi connectivity index (χ3v) is 4.91. The van der Waals surface area contributed by atoms with Crippen LogP contribution in [0.1, 0.15) is 54.9 Å². The Balaban J connectivity index is 1.54. The summed E-state index contributed by atoms with van der Waals surface area (Å²) in [6.45, 7) is 2.53. The van der Waals surface area contributed by atoms with E-state index in [1.807, 2.05) is 26.1 Å². The van der Waals surface area contributed by atoms with Gasteiger partial charge in [-0.2, -0.15) is 5.10 Å². The third kappa shape index (κ3) is 3.42. The van der Waals surface area contributed by atoms with Crippen molar-refractivity contribution in [3.05, 3.63) is 35.5 Å². The molecule has 3 heterocycles. The summed E-state index contributed by atoms with van der Waals surface area (Å²) in [4.78, 5) is 21.8. The summed E-state index contributed by atoms with van der Waals surface area (Å²) in [5.41, 5.74) is 1.96. The second-order valence-corrected chi connectivity index (χ2v) is 6.91. The molecule has 1 saturated heterocycles. The summed E-state index contributed by atoms with van der Waals surface area (Å²) >= 11 is 0. The zero-order valence-electron chi connectivity index (χ0n) is 14.6. The van der Waals surface area contributed by atoms with Crippen LogP contribution < -0.4 is 5.32 Å². The van der Waals surface area contributed by atoms with E-state index in [9.17, 15) is 4.79 Å². The van der Waals surface area contributed by atoms with Crippen LogP contribution in [0.2, 0.25) is 0 Å². The predicted molar refractivity (Wildman–Crippen MR) is 92.0 cm³/mol. The average Bonchev–Trinajstić information content (AvgIpc) is 3.36. The van der Waals surface area contributed by atoms with Gasteiger partial charge in [-0.25, -0.2) is 9.97 Å². The predicted octanol–water partition coefficient (Wildman–Crippen LogP) is 2.50. The molecular formula is C18H23N5O2. The van der Waals surface area contributed by atoms with Crippen molar-refractivity contribution in [2.45, 2.75) is 44.6 Å². The molecule has 0 bridgehead atoms. The Morgan fingerprint density at radius 3 is 2.88 bits per heavy atom. The van der Waals surface area contributed by atoms with E-state index < -0.39 is 0 Å². The van der Waals surface area contributed by atoms with Gasteiger partial charge in [0.25, 0.3) is 0 Å². The lowest BCUT2D eigenvalue weighted by molar-refractivity contribution is -0.129. The Morgan fingerprint density at radius 2 is 2.16 bits per heavy atom. The summed E-state index contributed by atoms with van der Waals surface area (Å²) in [6.07, 6.45) is 5.47. The quantitative estimate of drug-likeness (QED) is 0.924. The normalized spacial score (nSPS) is 23.4. The minimum Gasteiger partial charge on any atom is -0.371 e. The molecule has 0 radical (unpaired) electrons. The van der Waals surface area contributed by atoms with Crippen molar-refractivity contribution in [1.29, 1.82) is 0 Å².